The maximum absolute atomic E-state index is 12.7. The zero-order chi connectivity index (χ0) is 21.1. The van der Waals surface area contributed by atoms with E-state index in [9.17, 15) is 14.4 Å². The first kappa shape index (κ1) is 19.8. The number of imide groups is 1. The Hall–Kier alpha value is -3.52. The van der Waals surface area contributed by atoms with Crippen LogP contribution in [0.1, 0.15) is 38.2 Å². The largest absolute Gasteiger partial charge is 0.466 e. The Morgan fingerprint density at radius 1 is 1.03 bits per heavy atom. The van der Waals surface area contributed by atoms with Gasteiger partial charge in [0.2, 0.25) is 0 Å². The van der Waals surface area contributed by atoms with Crippen molar-refractivity contribution in [3.63, 3.8) is 0 Å². The van der Waals surface area contributed by atoms with Crippen LogP contribution in [0.3, 0.4) is 0 Å². The molecule has 0 aliphatic carbocycles. The third-order valence-electron chi connectivity index (χ3n) is 4.60. The Balaban J connectivity index is 1.61. The molecular weight excluding hydrogens is 402 g/mol. The number of hydrogen-bond donors (Lipinski definition) is 1. The normalized spacial score (nSPS) is 12.8. The molecule has 2 amide bonds. The second-order valence-corrected chi connectivity index (χ2v) is 7.69. The van der Waals surface area contributed by atoms with Crippen LogP contribution in [-0.4, -0.2) is 34.3 Å². The Morgan fingerprint density at radius 3 is 2.30 bits per heavy atom. The summed E-state index contributed by atoms with van der Waals surface area (Å²) in [6.07, 6.45) is 0.0283. The van der Waals surface area contributed by atoms with Gasteiger partial charge in [-0.05, 0) is 31.2 Å². The Labute approximate surface area is 177 Å². The zero-order valence-corrected chi connectivity index (χ0v) is 17.1. The van der Waals surface area contributed by atoms with Crippen molar-refractivity contribution in [1.29, 1.82) is 0 Å². The number of thiazole rings is 1. The Kier molecular flexibility index (Phi) is 5.58. The van der Waals surface area contributed by atoms with Crippen molar-refractivity contribution in [2.24, 2.45) is 0 Å². The van der Waals surface area contributed by atoms with Crippen molar-refractivity contribution in [1.82, 2.24) is 9.88 Å². The first-order chi connectivity index (χ1) is 14.6. The topological polar surface area (TPSA) is 88.6 Å². The van der Waals surface area contributed by atoms with E-state index in [1.54, 1.807) is 31.2 Å². The van der Waals surface area contributed by atoms with Gasteiger partial charge in [-0.3, -0.25) is 19.3 Å². The van der Waals surface area contributed by atoms with Gasteiger partial charge in [0.15, 0.2) is 5.13 Å². The fourth-order valence-electron chi connectivity index (χ4n) is 3.22. The van der Waals surface area contributed by atoms with Gasteiger partial charge in [-0.15, -0.1) is 11.3 Å². The van der Waals surface area contributed by atoms with E-state index in [0.29, 0.717) is 26.8 Å². The van der Waals surface area contributed by atoms with Gasteiger partial charge in [0.25, 0.3) is 11.8 Å². The molecule has 1 aliphatic rings. The highest BCUT2D eigenvalue weighted by molar-refractivity contribution is 7.15. The van der Waals surface area contributed by atoms with Gasteiger partial charge in [0.1, 0.15) is 0 Å². The minimum absolute atomic E-state index is 0.00590. The van der Waals surface area contributed by atoms with Crippen LogP contribution in [0.5, 0.6) is 0 Å². The van der Waals surface area contributed by atoms with Crippen LogP contribution in [0, 0.1) is 0 Å². The Bertz CT molecular complexity index is 1080. The van der Waals surface area contributed by atoms with Crippen LogP contribution < -0.4 is 5.32 Å². The molecule has 0 radical (unpaired) electrons. The van der Waals surface area contributed by atoms with Crippen LogP contribution in [0.15, 0.2) is 54.6 Å². The van der Waals surface area contributed by atoms with E-state index in [2.05, 4.69) is 10.3 Å². The Morgan fingerprint density at radius 2 is 1.67 bits per heavy atom. The summed E-state index contributed by atoms with van der Waals surface area (Å²) in [6.45, 7) is 2.02. The molecule has 2 heterocycles. The lowest BCUT2D eigenvalue weighted by molar-refractivity contribution is -0.142. The fourth-order valence-corrected chi connectivity index (χ4v) is 4.20. The smallest absolute Gasteiger partial charge is 0.311 e. The van der Waals surface area contributed by atoms with E-state index >= 15 is 0 Å². The minimum atomic E-state index is -0.379. The summed E-state index contributed by atoms with van der Waals surface area (Å²) in [6, 6.07) is 16.2. The van der Waals surface area contributed by atoms with Gasteiger partial charge in [0, 0.05) is 10.6 Å². The number of nitrogens with one attached hydrogen (secondary N) is 1. The average Bonchev–Trinajstić information content (AvgIpc) is 3.22. The number of amides is 2. The molecule has 1 aliphatic heterocycles. The number of carbonyl (C=O) groups is 3. The number of fused-ring (bicyclic) bond motifs is 1. The summed E-state index contributed by atoms with van der Waals surface area (Å²) in [5, 5.41) is 3.78. The number of rotatable bonds is 7. The number of anilines is 2. The number of benzene rings is 2. The number of carbonyl (C=O) groups excluding carboxylic acids is 3. The van der Waals surface area contributed by atoms with Crippen LogP contribution in [0.25, 0.3) is 0 Å². The molecule has 1 N–H and O–H groups in total. The van der Waals surface area contributed by atoms with Gasteiger partial charge in [-0.1, -0.05) is 30.3 Å². The molecule has 152 valence electrons. The van der Waals surface area contributed by atoms with Crippen LogP contribution in [-0.2, 0) is 22.5 Å². The molecule has 0 atom stereocenters. The van der Waals surface area contributed by atoms with Gasteiger partial charge < -0.3 is 10.1 Å². The van der Waals surface area contributed by atoms with E-state index in [4.69, 9.17) is 4.74 Å². The molecular formula is C22H19N3O4S. The van der Waals surface area contributed by atoms with Gasteiger partial charge in [-0.2, -0.15) is 0 Å². The lowest BCUT2D eigenvalue weighted by atomic mass is 10.1. The fraction of sp³-hybridized carbons (Fsp3) is 0.182. The molecule has 0 spiro atoms. The SMILES string of the molecule is CCOC(=O)Cc1sc(Nc2ccccc2)nc1CN1C(=O)c2ccccc2C1=O. The van der Waals surface area contributed by atoms with Crippen LogP contribution in [0.2, 0.25) is 0 Å². The molecule has 8 heteroatoms. The van der Waals surface area contributed by atoms with Crippen molar-refractivity contribution in [2.45, 2.75) is 19.9 Å². The summed E-state index contributed by atoms with van der Waals surface area (Å²) >= 11 is 1.31. The van der Waals surface area contributed by atoms with Crippen molar-refractivity contribution in [3.05, 3.63) is 76.3 Å². The third-order valence-corrected chi connectivity index (χ3v) is 5.61. The summed E-state index contributed by atoms with van der Waals surface area (Å²) in [5.74, 6) is -1.09. The van der Waals surface area contributed by atoms with Crippen molar-refractivity contribution >= 4 is 39.9 Å². The van der Waals surface area contributed by atoms with Gasteiger partial charge >= 0.3 is 5.97 Å². The number of aromatic nitrogens is 1. The summed E-state index contributed by atoms with van der Waals surface area (Å²) in [4.78, 5) is 43.9. The monoisotopic (exact) mass is 421 g/mol. The first-order valence-corrected chi connectivity index (χ1v) is 10.3. The molecule has 0 fully saturated rings. The number of para-hydroxylation sites is 1. The maximum atomic E-state index is 12.7. The average molecular weight is 421 g/mol. The van der Waals surface area contributed by atoms with E-state index in [0.717, 1.165) is 5.69 Å². The van der Waals surface area contributed by atoms with Crippen molar-refractivity contribution in [2.75, 3.05) is 11.9 Å². The number of hydrogen-bond acceptors (Lipinski definition) is 7. The maximum Gasteiger partial charge on any atom is 0.311 e. The third kappa shape index (κ3) is 3.95. The van der Waals surface area contributed by atoms with E-state index in [1.165, 1.54) is 16.2 Å². The van der Waals surface area contributed by atoms with Crippen LogP contribution in [0.4, 0.5) is 10.8 Å². The highest BCUT2D eigenvalue weighted by atomic mass is 32.1. The molecule has 1 aromatic heterocycles. The molecule has 0 saturated heterocycles. The molecule has 3 aromatic rings. The second-order valence-electron chi connectivity index (χ2n) is 6.60. The molecule has 0 bridgehead atoms. The predicted octanol–water partition coefficient (Wildman–Crippen LogP) is 3.79. The molecule has 0 unspecified atom stereocenters. The van der Waals surface area contributed by atoms with E-state index < -0.39 is 0 Å². The number of ether oxygens (including phenoxy) is 1. The number of nitrogens with zero attached hydrogens (tertiary/aromatic N) is 2. The van der Waals surface area contributed by atoms with Gasteiger partial charge in [0.05, 0.1) is 36.4 Å². The summed E-state index contributed by atoms with van der Waals surface area (Å²) in [7, 11) is 0. The highest BCUT2D eigenvalue weighted by Crippen LogP contribution is 2.30. The standard InChI is InChI=1S/C22H19N3O4S/c1-2-29-19(26)12-18-17(24-22(30-18)23-14-8-4-3-5-9-14)13-25-20(27)15-10-6-7-11-16(15)21(25)28/h3-11H,2,12-13H2,1H3,(H,23,24). The minimum Gasteiger partial charge on any atom is -0.466 e. The molecule has 7 nitrogen and oxygen atoms in total. The number of esters is 1. The lowest BCUT2D eigenvalue weighted by Gasteiger charge is -2.13. The van der Waals surface area contributed by atoms with Gasteiger partial charge in [-0.25, -0.2) is 4.98 Å². The predicted molar refractivity (Wildman–Crippen MR) is 113 cm³/mol. The van der Waals surface area contributed by atoms with Crippen LogP contribution >= 0.6 is 11.3 Å². The summed E-state index contributed by atoms with van der Waals surface area (Å²) in [5.41, 5.74) is 2.11. The first-order valence-electron chi connectivity index (χ1n) is 9.48. The van der Waals surface area contributed by atoms with Crippen molar-refractivity contribution in [3.8, 4) is 0 Å². The zero-order valence-electron chi connectivity index (χ0n) is 16.3. The lowest BCUT2D eigenvalue weighted by Crippen LogP contribution is -2.29. The quantitative estimate of drug-likeness (QED) is 0.461. The van der Waals surface area contributed by atoms with Crippen molar-refractivity contribution < 1.29 is 19.1 Å². The molecule has 30 heavy (non-hydrogen) atoms. The van der Waals surface area contributed by atoms with E-state index in [1.807, 2.05) is 30.3 Å². The molecule has 0 saturated carbocycles. The second kappa shape index (κ2) is 8.46. The molecule has 2 aromatic carbocycles. The highest BCUT2D eigenvalue weighted by Gasteiger charge is 2.36. The van der Waals surface area contributed by atoms with E-state index in [-0.39, 0.29) is 37.4 Å². The summed E-state index contributed by atoms with van der Waals surface area (Å²) < 4.78 is 5.06. The molecule has 4 rings (SSSR count).